The summed E-state index contributed by atoms with van der Waals surface area (Å²) in [6.07, 6.45) is 0.853. The summed E-state index contributed by atoms with van der Waals surface area (Å²) in [5.41, 5.74) is 2.55. The van der Waals surface area contributed by atoms with Crippen LogP contribution in [0.25, 0.3) is 11.0 Å². The molecule has 2 N–H and O–H groups in total. The van der Waals surface area contributed by atoms with Gasteiger partial charge in [0.15, 0.2) is 5.96 Å². The predicted octanol–water partition coefficient (Wildman–Crippen LogP) is 3.42. The van der Waals surface area contributed by atoms with Crippen molar-refractivity contribution in [3.63, 3.8) is 0 Å². The monoisotopic (exact) mass is 441 g/mol. The second-order valence-corrected chi connectivity index (χ2v) is 7.45. The number of nitrogens with zero attached hydrogens (tertiary/aromatic N) is 3. The highest BCUT2D eigenvalue weighted by Crippen LogP contribution is 2.46. The van der Waals surface area contributed by atoms with Crippen LogP contribution in [-0.4, -0.2) is 46.5 Å². The van der Waals surface area contributed by atoms with Gasteiger partial charge in [-0.3, -0.25) is 4.99 Å². The smallest absolute Gasteiger partial charge is 0.194 e. The molecule has 2 heterocycles. The highest BCUT2D eigenvalue weighted by Gasteiger charge is 2.53. The number of aliphatic imine (C=N–C) groups is 1. The Balaban J connectivity index is 0.00000208. The number of aromatic amines is 1. The van der Waals surface area contributed by atoms with E-state index in [4.69, 9.17) is 0 Å². The minimum absolute atomic E-state index is 0. The highest BCUT2D eigenvalue weighted by atomic mass is 127. The first kappa shape index (κ1) is 19.0. The SMILES string of the molecule is CN=C(NCCc1nc2ccccc2[nH]1)N1CC(C)(C)C1(C)C.I. The molecule has 24 heavy (non-hydrogen) atoms. The molecule has 1 aromatic heterocycles. The number of H-pyrrole nitrogens is 1. The van der Waals surface area contributed by atoms with Crippen molar-refractivity contribution in [2.24, 2.45) is 10.4 Å². The van der Waals surface area contributed by atoms with Gasteiger partial charge in [0.1, 0.15) is 5.82 Å². The van der Waals surface area contributed by atoms with E-state index >= 15 is 0 Å². The number of likely N-dealkylation sites (tertiary alicyclic amines) is 1. The number of nitrogens with one attached hydrogen (secondary N) is 2. The second kappa shape index (κ2) is 6.90. The normalized spacial score (nSPS) is 18.9. The summed E-state index contributed by atoms with van der Waals surface area (Å²) in [4.78, 5) is 14.8. The van der Waals surface area contributed by atoms with Crippen molar-refractivity contribution in [1.29, 1.82) is 0 Å². The van der Waals surface area contributed by atoms with E-state index in [1.54, 1.807) is 0 Å². The fourth-order valence-electron chi connectivity index (χ4n) is 3.11. The van der Waals surface area contributed by atoms with E-state index in [9.17, 15) is 0 Å². The number of benzene rings is 1. The van der Waals surface area contributed by atoms with Gasteiger partial charge in [0.25, 0.3) is 0 Å². The van der Waals surface area contributed by atoms with Gasteiger partial charge in [-0.05, 0) is 26.0 Å². The van der Waals surface area contributed by atoms with Gasteiger partial charge in [-0.15, -0.1) is 24.0 Å². The zero-order valence-electron chi connectivity index (χ0n) is 15.2. The Kier molecular flexibility index (Phi) is 5.47. The van der Waals surface area contributed by atoms with Crippen molar-refractivity contribution in [2.45, 2.75) is 39.7 Å². The molecule has 0 unspecified atom stereocenters. The molecule has 5 nitrogen and oxygen atoms in total. The third-order valence-corrected chi connectivity index (χ3v) is 5.44. The molecule has 1 aliphatic rings. The first-order chi connectivity index (χ1) is 10.8. The predicted molar refractivity (Wildman–Crippen MR) is 111 cm³/mol. The topological polar surface area (TPSA) is 56.3 Å². The molecule has 2 aromatic rings. The van der Waals surface area contributed by atoms with Crippen LogP contribution >= 0.6 is 24.0 Å². The summed E-state index contributed by atoms with van der Waals surface area (Å²) in [5.74, 6) is 1.99. The molecule has 132 valence electrons. The molecule has 1 aliphatic heterocycles. The summed E-state index contributed by atoms with van der Waals surface area (Å²) in [5, 5.41) is 3.47. The second-order valence-electron chi connectivity index (χ2n) is 7.45. The van der Waals surface area contributed by atoms with Crippen LogP contribution in [0.3, 0.4) is 0 Å². The molecule has 0 saturated carbocycles. The van der Waals surface area contributed by atoms with Crippen LogP contribution < -0.4 is 5.32 Å². The zero-order valence-corrected chi connectivity index (χ0v) is 17.5. The van der Waals surface area contributed by atoms with Crippen LogP contribution in [0, 0.1) is 5.41 Å². The lowest BCUT2D eigenvalue weighted by molar-refractivity contribution is -0.0666. The maximum Gasteiger partial charge on any atom is 0.194 e. The van der Waals surface area contributed by atoms with Gasteiger partial charge in [-0.25, -0.2) is 4.98 Å². The molecular weight excluding hydrogens is 413 g/mol. The number of hydrogen-bond donors (Lipinski definition) is 2. The summed E-state index contributed by atoms with van der Waals surface area (Å²) in [6, 6.07) is 8.13. The van der Waals surface area contributed by atoms with E-state index in [0.29, 0.717) is 5.41 Å². The van der Waals surface area contributed by atoms with E-state index in [1.807, 2.05) is 25.2 Å². The lowest BCUT2D eigenvalue weighted by atomic mass is 9.65. The van der Waals surface area contributed by atoms with Gasteiger partial charge in [0.2, 0.25) is 0 Å². The van der Waals surface area contributed by atoms with Gasteiger partial charge in [0, 0.05) is 37.5 Å². The lowest BCUT2D eigenvalue weighted by Gasteiger charge is -2.62. The van der Waals surface area contributed by atoms with Gasteiger partial charge < -0.3 is 15.2 Å². The van der Waals surface area contributed by atoms with Crippen molar-refractivity contribution in [1.82, 2.24) is 20.2 Å². The molecular formula is C18H28IN5. The van der Waals surface area contributed by atoms with Crippen LogP contribution in [0.4, 0.5) is 0 Å². The Labute approximate surface area is 161 Å². The standard InChI is InChI=1S/C18H27N5.HI/c1-17(2)12-23(18(17,3)4)16(19-5)20-11-10-15-21-13-8-6-7-9-14(13)22-15;/h6-9H,10-12H2,1-5H3,(H,19,20)(H,21,22);1H. The molecule has 0 amide bonds. The van der Waals surface area contributed by atoms with E-state index in [-0.39, 0.29) is 29.5 Å². The number of para-hydroxylation sites is 2. The van der Waals surface area contributed by atoms with Crippen molar-refractivity contribution in [2.75, 3.05) is 20.1 Å². The fraction of sp³-hybridized carbons (Fsp3) is 0.556. The molecule has 0 atom stereocenters. The first-order valence-electron chi connectivity index (χ1n) is 8.27. The molecule has 3 rings (SSSR count). The summed E-state index contributed by atoms with van der Waals surface area (Å²) in [7, 11) is 1.85. The van der Waals surface area contributed by atoms with E-state index < -0.39 is 0 Å². The number of rotatable bonds is 3. The number of hydrogen-bond acceptors (Lipinski definition) is 2. The zero-order chi connectivity index (χ0) is 16.7. The molecule has 1 aromatic carbocycles. The third-order valence-electron chi connectivity index (χ3n) is 5.44. The molecule has 6 heteroatoms. The average molecular weight is 441 g/mol. The fourth-order valence-corrected chi connectivity index (χ4v) is 3.11. The quantitative estimate of drug-likeness (QED) is 0.436. The van der Waals surface area contributed by atoms with E-state index in [0.717, 1.165) is 42.3 Å². The molecule has 0 aliphatic carbocycles. The Morgan fingerprint density at radius 2 is 2.00 bits per heavy atom. The summed E-state index contributed by atoms with van der Waals surface area (Å²) >= 11 is 0. The largest absolute Gasteiger partial charge is 0.356 e. The minimum atomic E-state index is 0. The Hall–Kier alpha value is -1.31. The van der Waals surface area contributed by atoms with Gasteiger partial charge in [-0.1, -0.05) is 26.0 Å². The van der Waals surface area contributed by atoms with Crippen molar-refractivity contribution >= 4 is 41.0 Å². The van der Waals surface area contributed by atoms with Crippen LogP contribution in [-0.2, 0) is 6.42 Å². The van der Waals surface area contributed by atoms with Crippen LogP contribution in [0.1, 0.15) is 33.5 Å². The van der Waals surface area contributed by atoms with Gasteiger partial charge in [-0.2, -0.15) is 0 Å². The number of aromatic nitrogens is 2. The average Bonchev–Trinajstić information content (AvgIpc) is 2.92. The highest BCUT2D eigenvalue weighted by molar-refractivity contribution is 14.0. The number of halogens is 1. The summed E-state index contributed by atoms with van der Waals surface area (Å²) in [6.45, 7) is 11.0. The Morgan fingerprint density at radius 1 is 1.29 bits per heavy atom. The first-order valence-corrected chi connectivity index (χ1v) is 8.27. The molecule has 0 radical (unpaired) electrons. The van der Waals surface area contributed by atoms with Crippen LogP contribution in [0.2, 0.25) is 0 Å². The van der Waals surface area contributed by atoms with Crippen molar-refractivity contribution in [3.8, 4) is 0 Å². The minimum Gasteiger partial charge on any atom is -0.356 e. The third kappa shape index (κ3) is 3.25. The number of guanidine groups is 1. The molecule has 1 saturated heterocycles. The lowest BCUT2D eigenvalue weighted by Crippen LogP contribution is -2.72. The maximum atomic E-state index is 4.62. The number of fused-ring (bicyclic) bond motifs is 1. The number of imidazole rings is 1. The maximum absolute atomic E-state index is 4.62. The van der Waals surface area contributed by atoms with Crippen LogP contribution in [0.5, 0.6) is 0 Å². The van der Waals surface area contributed by atoms with Gasteiger partial charge in [0.05, 0.1) is 11.0 Å². The van der Waals surface area contributed by atoms with Crippen molar-refractivity contribution in [3.05, 3.63) is 30.1 Å². The molecule has 1 fully saturated rings. The van der Waals surface area contributed by atoms with Gasteiger partial charge >= 0.3 is 0 Å². The van der Waals surface area contributed by atoms with E-state index in [2.05, 4.69) is 58.9 Å². The van der Waals surface area contributed by atoms with Crippen LogP contribution in [0.15, 0.2) is 29.3 Å². The Bertz CT molecular complexity index is 699. The van der Waals surface area contributed by atoms with E-state index in [1.165, 1.54) is 0 Å². The summed E-state index contributed by atoms with van der Waals surface area (Å²) < 4.78 is 0. The molecule has 0 spiro atoms. The van der Waals surface area contributed by atoms with Crippen molar-refractivity contribution < 1.29 is 0 Å². The molecule has 0 bridgehead atoms. The Morgan fingerprint density at radius 3 is 2.58 bits per heavy atom.